The van der Waals surface area contributed by atoms with Crippen molar-refractivity contribution in [2.24, 2.45) is 5.73 Å². The number of thiophene rings is 1. The highest BCUT2D eigenvalue weighted by Crippen LogP contribution is 2.27. The summed E-state index contributed by atoms with van der Waals surface area (Å²) in [6, 6.07) is 7.97. The van der Waals surface area contributed by atoms with E-state index in [-0.39, 0.29) is 18.2 Å². The molecule has 0 saturated heterocycles. The Bertz CT molecular complexity index is 481. The SMILES string of the molecule is Cl.N=C(N)c1cc2ccc(Br)cc2s1. The van der Waals surface area contributed by atoms with Gasteiger partial charge in [0.2, 0.25) is 0 Å². The first-order chi connectivity index (χ1) is 6.16. The van der Waals surface area contributed by atoms with Crippen molar-refractivity contribution < 1.29 is 0 Å². The molecule has 2 rings (SSSR count). The highest BCUT2D eigenvalue weighted by atomic mass is 79.9. The van der Waals surface area contributed by atoms with Crippen LogP contribution in [0.4, 0.5) is 0 Å². The zero-order valence-electron chi connectivity index (χ0n) is 7.08. The van der Waals surface area contributed by atoms with Crippen molar-refractivity contribution in [3.63, 3.8) is 0 Å². The van der Waals surface area contributed by atoms with E-state index in [2.05, 4.69) is 15.9 Å². The summed E-state index contributed by atoms with van der Waals surface area (Å²) < 4.78 is 2.21. The smallest absolute Gasteiger partial charge is 0.133 e. The third kappa shape index (κ3) is 2.08. The molecule has 1 aromatic carbocycles. The topological polar surface area (TPSA) is 49.9 Å². The van der Waals surface area contributed by atoms with Gasteiger partial charge in [-0.15, -0.1) is 23.7 Å². The van der Waals surface area contributed by atoms with E-state index in [1.165, 1.54) is 11.3 Å². The van der Waals surface area contributed by atoms with Gasteiger partial charge in [0.05, 0.1) is 4.88 Å². The van der Waals surface area contributed by atoms with Crippen LogP contribution in [0, 0.1) is 5.41 Å². The summed E-state index contributed by atoms with van der Waals surface area (Å²) in [6.07, 6.45) is 0. The predicted octanol–water partition coefficient (Wildman–Crippen LogP) is 3.37. The molecule has 0 aliphatic carbocycles. The number of nitrogens with one attached hydrogen (secondary N) is 1. The summed E-state index contributed by atoms with van der Waals surface area (Å²) >= 11 is 4.94. The van der Waals surface area contributed by atoms with E-state index in [1.807, 2.05) is 24.3 Å². The van der Waals surface area contributed by atoms with Crippen molar-refractivity contribution in [1.29, 1.82) is 5.41 Å². The Morgan fingerprint density at radius 1 is 1.36 bits per heavy atom. The number of nitrogen functional groups attached to an aromatic ring is 1. The summed E-state index contributed by atoms with van der Waals surface area (Å²) in [5, 5.41) is 8.44. The molecule has 2 aromatic rings. The molecule has 0 atom stereocenters. The minimum absolute atomic E-state index is 0. The van der Waals surface area contributed by atoms with Crippen molar-refractivity contribution in [1.82, 2.24) is 0 Å². The Morgan fingerprint density at radius 2 is 2.07 bits per heavy atom. The molecule has 5 heteroatoms. The van der Waals surface area contributed by atoms with E-state index in [9.17, 15) is 0 Å². The van der Waals surface area contributed by atoms with Gasteiger partial charge in [0, 0.05) is 9.17 Å². The average Bonchev–Trinajstić information content (AvgIpc) is 2.46. The molecular weight excluding hydrogens is 284 g/mol. The lowest BCUT2D eigenvalue weighted by atomic mass is 10.2. The molecule has 0 spiro atoms. The van der Waals surface area contributed by atoms with E-state index >= 15 is 0 Å². The van der Waals surface area contributed by atoms with Gasteiger partial charge in [-0.1, -0.05) is 22.0 Å². The number of hydrogen-bond acceptors (Lipinski definition) is 2. The summed E-state index contributed by atoms with van der Waals surface area (Å²) in [5.41, 5.74) is 5.40. The number of rotatable bonds is 1. The first kappa shape index (κ1) is 11.5. The zero-order valence-corrected chi connectivity index (χ0v) is 10.3. The molecule has 0 radical (unpaired) electrons. The first-order valence-corrected chi connectivity index (χ1v) is 5.31. The molecule has 3 N–H and O–H groups in total. The van der Waals surface area contributed by atoms with Crippen LogP contribution in [0.5, 0.6) is 0 Å². The van der Waals surface area contributed by atoms with Crippen LogP contribution in [-0.2, 0) is 0 Å². The predicted molar refractivity (Wildman–Crippen MR) is 67.8 cm³/mol. The van der Waals surface area contributed by atoms with Crippen LogP contribution in [0.1, 0.15) is 4.88 Å². The van der Waals surface area contributed by atoms with Crippen LogP contribution in [0.3, 0.4) is 0 Å². The second kappa shape index (κ2) is 4.29. The van der Waals surface area contributed by atoms with Crippen LogP contribution in [0.15, 0.2) is 28.7 Å². The van der Waals surface area contributed by atoms with Crippen molar-refractivity contribution >= 4 is 55.6 Å². The third-order valence-corrected chi connectivity index (χ3v) is 3.37. The number of amidine groups is 1. The van der Waals surface area contributed by atoms with E-state index in [4.69, 9.17) is 11.1 Å². The normalized spacial score (nSPS) is 9.79. The second-order valence-electron chi connectivity index (χ2n) is 2.71. The van der Waals surface area contributed by atoms with Gasteiger partial charge in [0.25, 0.3) is 0 Å². The van der Waals surface area contributed by atoms with E-state index in [0.717, 1.165) is 19.4 Å². The standard InChI is InChI=1S/C9H7BrN2S.ClH/c10-6-2-1-5-3-8(9(11)12)13-7(5)4-6;/h1-4H,(H3,11,12);1H. The Morgan fingerprint density at radius 3 is 2.71 bits per heavy atom. The fraction of sp³-hybridized carbons (Fsp3) is 0. The lowest BCUT2D eigenvalue weighted by molar-refractivity contribution is 1.46. The van der Waals surface area contributed by atoms with Crippen molar-refractivity contribution in [3.8, 4) is 0 Å². The molecule has 0 aliphatic heterocycles. The largest absolute Gasteiger partial charge is 0.383 e. The summed E-state index contributed by atoms with van der Waals surface area (Å²) in [4.78, 5) is 0.827. The van der Waals surface area contributed by atoms with Crippen LogP contribution in [-0.4, -0.2) is 5.84 Å². The molecule has 0 amide bonds. The zero-order chi connectivity index (χ0) is 9.42. The highest BCUT2D eigenvalue weighted by molar-refractivity contribution is 9.10. The molecule has 1 heterocycles. The lowest BCUT2D eigenvalue weighted by Gasteiger charge is -1.88. The summed E-state index contributed by atoms with van der Waals surface area (Å²) in [6.45, 7) is 0. The molecule has 0 bridgehead atoms. The Hall–Kier alpha value is -0.580. The molecule has 1 aromatic heterocycles. The van der Waals surface area contributed by atoms with E-state index < -0.39 is 0 Å². The molecule has 0 aliphatic rings. The number of halogens is 2. The minimum Gasteiger partial charge on any atom is -0.383 e. The van der Waals surface area contributed by atoms with Crippen molar-refractivity contribution in [2.75, 3.05) is 0 Å². The molecule has 74 valence electrons. The van der Waals surface area contributed by atoms with Gasteiger partial charge in [-0.3, -0.25) is 5.41 Å². The maximum Gasteiger partial charge on any atom is 0.133 e. The van der Waals surface area contributed by atoms with E-state index in [0.29, 0.717) is 0 Å². The lowest BCUT2D eigenvalue weighted by Crippen LogP contribution is -2.08. The Kier molecular flexibility index (Phi) is 3.53. The average molecular weight is 292 g/mol. The number of benzene rings is 1. The van der Waals surface area contributed by atoms with Gasteiger partial charge in [0.15, 0.2) is 0 Å². The quantitative estimate of drug-likeness (QED) is 0.614. The highest BCUT2D eigenvalue weighted by Gasteiger charge is 2.03. The van der Waals surface area contributed by atoms with Crippen LogP contribution >= 0.6 is 39.7 Å². The number of fused-ring (bicyclic) bond motifs is 1. The van der Waals surface area contributed by atoms with Gasteiger partial charge in [-0.2, -0.15) is 0 Å². The van der Waals surface area contributed by atoms with Crippen molar-refractivity contribution in [2.45, 2.75) is 0 Å². The van der Waals surface area contributed by atoms with Crippen LogP contribution in [0.2, 0.25) is 0 Å². The molecule has 14 heavy (non-hydrogen) atoms. The molecule has 2 nitrogen and oxygen atoms in total. The van der Waals surface area contributed by atoms with Gasteiger partial charge in [0.1, 0.15) is 5.84 Å². The van der Waals surface area contributed by atoms with Gasteiger partial charge in [-0.05, 0) is 23.6 Å². The monoisotopic (exact) mass is 290 g/mol. The minimum atomic E-state index is 0. The van der Waals surface area contributed by atoms with Gasteiger partial charge < -0.3 is 5.73 Å². The maximum atomic E-state index is 7.30. The molecule has 0 saturated carbocycles. The summed E-state index contributed by atoms with van der Waals surface area (Å²) in [5.74, 6) is 0.136. The molecule has 0 unspecified atom stereocenters. The fourth-order valence-corrected chi connectivity index (χ4v) is 2.61. The van der Waals surface area contributed by atoms with Crippen LogP contribution in [0.25, 0.3) is 10.1 Å². The van der Waals surface area contributed by atoms with Crippen LogP contribution < -0.4 is 5.73 Å². The molecule has 0 fully saturated rings. The molecular formula is C9H8BrClN2S. The number of hydrogen-bond donors (Lipinski definition) is 2. The Labute approximate surface area is 100 Å². The number of nitrogens with two attached hydrogens (primary N) is 1. The third-order valence-electron chi connectivity index (χ3n) is 1.75. The Balaban J connectivity index is 0.000000980. The van der Waals surface area contributed by atoms with Gasteiger partial charge in [-0.25, -0.2) is 0 Å². The first-order valence-electron chi connectivity index (χ1n) is 3.70. The fourth-order valence-electron chi connectivity index (χ4n) is 1.14. The second-order valence-corrected chi connectivity index (χ2v) is 4.71. The van der Waals surface area contributed by atoms with Crippen molar-refractivity contribution in [3.05, 3.63) is 33.6 Å². The van der Waals surface area contributed by atoms with Gasteiger partial charge >= 0.3 is 0 Å². The maximum absolute atomic E-state index is 7.30. The van der Waals surface area contributed by atoms with E-state index in [1.54, 1.807) is 0 Å². The summed E-state index contributed by atoms with van der Waals surface area (Å²) in [7, 11) is 0.